The molecule has 1 aromatic heterocycles. The molecule has 1 fully saturated rings. The summed E-state index contributed by atoms with van der Waals surface area (Å²) >= 11 is 0. The Balaban J connectivity index is 1.41. The fourth-order valence-corrected chi connectivity index (χ4v) is 4.10. The van der Waals surface area contributed by atoms with Gasteiger partial charge in [-0.15, -0.1) is 10.2 Å². The maximum absolute atomic E-state index is 11.9. The zero-order valence-corrected chi connectivity index (χ0v) is 17.3. The number of nitrogens with zero attached hydrogens (tertiary/aromatic N) is 5. The van der Waals surface area contributed by atoms with Crippen molar-refractivity contribution in [3.8, 4) is 0 Å². The molecular formula is C20H34N6O2. The van der Waals surface area contributed by atoms with Crippen LogP contribution in [0.4, 0.5) is 0 Å². The number of hydrogen-bond donors (Lipinski definition) is 1. The number of likely N-dealkylation sites (tertiary alicyclic amines) is 1. The third-order valence-electron chi connectivity index (χ3n) is 5.67. The van der Waals surface area contributed by atoms with E-state index in [1.165, 1.54) is 19.3 Å². The summed E-state index contributed by atoms with van der Waals surface area (Å²) in [6.07, 6.45) is 8.37. The van der Waals surface area contributed by atoms with Crippen LogP contribution in [0, 0.1) is 5.92 Å². The number of fused-ring (bicyclic) bond motifs is 1. The second-order valence-corrected chi connectivity index (χ2v) is 7.59. The number of aliphatic imine (C=N–C) groups is 1. The molecule has 8 heteroatoms. The Labute approximate surface area is 167 Å². The molecule has 3 heterocycles. The molecule has 0 spiro atoms. The fraction of sp³-hybridized carbons (Fsp3) is 0.800. The summed E-state index contributed by atoms with van der Waals surface area (Å²) in [5.74, 6) is 3.15. The minimum atomic E-state index is -0.0578. The quantitative estimate of drug-likeness (QED) is 0.345. The lowest BCUT2D eigenvalue weighted by molar-refractivity contribution is -0.149. The number of ether oxygens (including phenoxy) is 1. The molecule has 0 aromatic carbocycles. The lowest BCUT2D eigenvalue weighted by Crippen LogP contribution is -2.47. The van der Waals surface area contributed by atoms with Crippen LogP contribution in [0.25, 0.3) is 0 Å². The van der Waals surface area contributed by atoms with Gasteiger partial charge >= 0.3 is 5.97 Å². The highest BCUT2D eigenvalue weighted by atomic mass is 16.5. The van der Waals surface area contributed by atoms with E-state index in [1.807, 2.05) is 14.0 Å². The van der Waals surface area contributed by atoms with Crippen molar-refractivity contribution in [3.05, 3.63) is 11.6 Å². The van der Waals surface area contributed by atoms with Gasteiger partial charge in [0, 0.05) is 46.1 Å². The van der Waals surface area contributed by atoms with E-state index in [0.29, 0.717) is 6.61 Å². The van der Waals surface area contributed by atoms with Crippen molar-refractivity contribution in [1.29, 1.82) is 0 Å². The first-order chi connectivity index (χ1) is 13.7. The standard InChI is InChI=1S/C20H34N6O2/c1-3-28-19(27)16-10-14-25(15-11-16)20(21-2)22-12-7-9-18-24-23-17-8-5-4-6-13-26(17)18/h16H,3-15H2,1-2H3,(H,21,22). The molecule has 1 saturated heterocycles. The number of carbonyl (C=O) groups is 1. The number of hydrogen-bond acceptors (Lipinski definition) is 5. The maximum Gasteiger partial charge on any atom is 0.309 e. The molecule has 1 N–H and O–H groups in total. The largest absolute Gasteiger partial charge is 0.466 e. The van der Waals surface area contributed by atoms with Crippen molar-refractivity contribution >= 4 is 11.9 Å². The van der Waals surface area contributed by atoms with Crippen molar-refractivity contribution in [3.63, 3.8) is 0 Å². The lowest BCUT2D eigenvalue weighted by Gasteiger charge is -2.33. The zero-order chi connectivity index (χ0) is 19.8. The molecule has 156 valence electrons. The van der Waals surface area contributed by atoms with E-state index in [-0.39, 0.29) is 11.9 Å². The molecule has 28 heavy (non-hydrogen) atoms. The molecule has 0 radical (unpaired) electrons. The Morgan fingerprint density at radius 2 is 2.04 bits per heavy atom. The smallest absolute Gasteiger partial charge is 0.309 e. The number of rotatable bonds is 6. The van der Waals surface area contributed by atoms with Crippen LogP contribution < -0.4 is 5.32 Å². The average Bonchev–Trinajstić information content (AvgIpc) is 2.94. The van der Waals surface area contributed by atoms with Crippen LogP contribution in [0.1, 0.15) is 57.1 Å². The van der Waals surface area contributed by atoms with E-state index >= 15 is 0 Å². The number of aromatic nitrogens is 3. The number of aryl methyl sites for hydroxylation is 2. The maximum atomic E-state index is 11.9. The average molecular weight is 391 g/mol. The summed E-state index contributed by atoms with van der Waals surface area (Å²) in [7, 11) is 1.82. The van der Waals surface area contributed by atoms with Crippen LogP contribution >= 0.6 is 0 Å². The van der Waals surface area contributed by atoms with Crippen molar-refractivity contribution in [1.82, 2.24) is 25.0 Å². The van der Waals surface area contributed by atoms with Gasteiger partial charge in [-0.1, -0.05) is 6.42 Å². The Kier molecular flexibility index (Phi) is 7.68. The van der Waals surface area contributed by atoms with Gasteiger partial charge in [0.05, 0.1) is 12.5 Å². The summed E-state index contributed by atoms with van der Waals surface area (Å²) in [4.78, 5) is 18.5. The predicted octanol–water partition coefficient (Wildman–Crippen LogP) is 1.79. The summed E-state index contributed by atoms with van der Waals surface area (Å²) in [5.41, 5.74) is 0. The predicted molar refractivity (Wildman–Crippen MR) is 108 cm³/mol. The molecule has 0 saturated carbocycles. The third-order valence-corrected chi connectivity index (χ3v) is 5.67. The van der Waals surface area contributed by atoms with Crippen molar-refractivity contribution in [2.75, 3.05) is 33.3 Å². The van der Waals surface area contributed by atoms with Crippen LogP contribution in [0.5, 0.6) is 0 Å². The van der Waals surface area contributed by atoms with Gasteiger partial charge in [-0.3, -0.25) is 9.79 Å². The van der Waals surface area contributed by atoms with E-state index in [9.17, 15) is 4.79 Å². The third kappa shape index (κ3) is 5.23. The van der Waals surface area contributed by atoms with E-state index < -0.39 is 0 Å². The van der Waals surface area contributed by atoms with Crippen molar-refractivity contribution in [2.45, 2.75) is 64.8 Å². The molecule has 0 bridgehead atoms. The number of esters is 1. The van der Waals surface area contributed by atoms with E-state index in [0.717, 1.165) is 75.9 Å². The van der Waals surface area contributed by atoms with Gasteiger partial charge in [-0.2, -0.15) is 0 Å². The molecule has 3 rings (SSSR count). The second kappa shape index (κ2) is 10.4. The van der Waals surface area contributed by atoms with Crippen LogP contribution in [0.15, 0.2) is 4.99 Å². The molecule has 0 amide bonds. The van der Waals surface area contributed by atoms with E-state index in [1.54, 1.807) is 0 Å². The Morgan fingerprint density at radius 3 is 2.79 bits per heavy atom. The topological polar surface area (TPSA) is 84.6 Å². The van der Waals surface area contributed by atoms with Crippen LogP contribution in [0.2, 0.25) is 0 Å². The van der Waals surface area contributed by atoms with Crippen LogP contribution in [-0.2, 0) is 28.9 Å². The second-order valence-electron chi connectivity index (χ2n) is 7.59. The van der Waals surface area contributed by atoms with Gasteiger partial charge in [-0.25, -0.2) is 0 Å². The molecular weight excluding hydrogens is 356 g/mol. The number of nitrogens with one attached hydrogen (secondary N) is 1. The molecule has 0 atom stereocenters. The zero-order valence-electron chi connectivity index (χ0n) is 17.3. The molecule has 8 nitrogen and oxygen atoms in total. The molecule has 0 unspecified atom stereocenters. The highest BCUT2D eigenvalue weighted by molar-refractivity contribution is 5.80. The highest BCUT2D eigenvalue weighted by Gasteiger charge is 2.27. The van der Waals surface area contributed by atoms with Gasteiger partial charge in [-0.05, 0) is 39.0 Å². The van der Waals surface area contributed by atoms with Gasteiger partial charge in [0.25, 0.3) is 0 Å². The number of carbonyl (C=O) groups excluding carboxylic acids is 1. The summed E-state index contributed by atoms with van der Waals surface area (Å²) in [6.45, 7) is 5.89. The molecule has 0 aliphatic carbocycles. The van der Waals surface area contributed by atoms with Gasteiger partial charge in [0.15, 0.2) is 5.96 Å². The summed E-state index contributed by atoms with van der Waals surface area (Å²) in [5, 5.41) is 12.2. The van der Waals surface area contributed by atoms with Crippen LogP contribution in [-0.4, -0.2) is 64.9 Å². The highest BCUT2D eigenvalue weighted by Crippen LogP contribution is 2.19. The van der Waals surface area contributed by atoms with Gasteiger partial charge < -0.3 is 19.5 Å². The number of guanidine groups is 1. The first-order valence-corrected chi connectivity index (χ1v) is 10.8. The molecule has 1 aromatic rings. The Hall–Kier alpha value is -2.12. The summed E-state index contributed by atoms with van der Waals surface area (Å²) < 4.78 is 7.47. The first kappa shape index (κ1) is 20.6. The first-order valence-electron chi connectivity index (χ1n) is 10.8. The van der Waals surface area contributed by atoms with Crippen LogP contribution in [0.3, 0.4) is 0 Å². The summed E-state index contributed by atoms with van der Waals surface area (Å²) in [6, 6.07) is 0. The van der Waals surface area contributed by atoms with Crippen molar-refractivity contribution in [2.24, 2.45) is 10.9 Å². The Morgan fingerprint density at radius 1 is 1.21 bits per heavy atom. The number of piperidine rings is 1. The van der Waals surface area contributed by atoms with E-state index in [4.69, 9.17) is 4.74 Å². The lowest BCUT2D eigenvalue weighted by atomic mass is 9.97. The minimum absolute atomic E-state index is 0.0255. The molecule has 2 aliphatic rings. The van der Waals surface area contributed by atoms with Crippen molar-refractivity contribution < 1.29 is 9.53 Å². The van der Waals surface area contributed by atoms with E-state index in [2.05, 4.69) is 30.0 Å². The fourth-order valence-electron chi connectivity index (χ4n) is 4.10. The normalized spacial score (nSPS) is 18.5. The van der Waals surface area contributed by atoms with Gasteiger partial charge in [0.1, 0.15) is 11.6 Å². The SMILES string of the molecule is CCOC(=O)C1CCN(C(=NC)NCCCc2nnc3n2CCCCC3)CC1. The minimum Gasteiger partial charge on any atom is -0.466 e. The monoisotopic (exact) mass is 390 g/mol. The van der Waals surface area contributed by atoms with Gasteiger partial charge in [0.2, 0.25) is 0 Å². The molecule has 2 aliphatic heterocycles. The Bertz CT molecular complexity index is 664.